The molecule has 0 fully saturated rings. The molecule has 0 heterocycles. The molecule has 0 atom stereocenters. The molecular formula is C10H13N3. The van der Waals surface area contributed by atoms with Gasteiger partial charge in [0.1, 0.15) is 0 Å². The summed E-state index contributed by atoms with van der Waals surface area (Å²) in [6, 6.07) is 10.0. The third kappa shape index (κ3) is 3.18. The number of benzene rings is 1. The quantitative estimate of drug-likeness (QED) is 0.384. The maximum Gasteiger partial charge on any atom is 0.0472 e. The van der Waals surface area contributed by atoms with E-state index in [-0.39, 0.29) is 5.54 Å². The van der Waals surface area contributed by atoms with Gasteiger partial charge in [0.15, 0.2) is 0 Å². The Morgan fingerprint density at radius 1 is 1.31 bits per heavy atom. The summed E-state index contributed by atoms with van der Waals surface area (Å²) >= 11 is 0. The summed E-state index contributed by atoms with van der Waals surface area (Å²) in [6.45, 7) is 3.86. The zero-order valence-electron chi connectivity index (χ0n) is 7.94. The lowest BCUT2D eigenvalue weighted by atomic mass is 9.96. The third-order valence-electron chi connectivity index (χ3n) is 1.79. The molecule has 1 aromatic rings. The van der Waals surface area contributed by atoms with Crippen molar-refractivity contribution < 1.29 is 0 Å². The van der Waals surface area contributed by atoms with Gasteiger partial charge in [0.2, 0.25) is 0 Å². The fraction of sp³-hybridized carbons (Fsp3) is 0.400. The van der Waals surface area contributed by atoms with Crippen molar-refractivity contribution >= 4 is 0 Å². The predicted molar refractivity (Wildman–Crippen MR) is 53.4 cm³/mol. The second-order valence-corrected chi connectivity index (χ2v) is 3.66. The van der Waals surface area contributed by atoms with Gasteiger partial charge in [-0.1, -0.05) is 49.3 Å². The van der Waals surface area contributed by atoms with E-state index in [0.29, 0.717) is 0 Å². The van der Waals surface area contributed by atoms with Gasteiger partial charge in [0, 0.05) is 10.5 Å². The summed E-state index contributed by atoms with van der Waals surface area (Å²) in [7, 11) is 0. The molecule has 0 aromatic heterocycles. The largest absolute Gasteiger partial charge is 0.0875 e. The zero-order valence-corrected chi connectivity index (χ0v) is 7.94. The molecule has 68 valence electrons. The highest BCUT2D eigenvalue weighted by Gasteiger charge is 2.15. The van der Waals surface area contributed by atoms with Gasteiger partial charge in [-0.2, -0.15) is 0 Å². The lowest BCUT2D eigenvalue weighted by Crippen LogP contribution is -2.18. The van der Waals surface area contributed by atoms with Crippen molar-refractivity contribution in [1.82, 2.24) is 0 Å². The summed E-state index contributed by atoms with van der Waals surface area (Å²) in [5, 5.41) is 3.73. The molecule has 0 aliphatic carbocycles. The Labute approximate surface area is 78.0 Å². The minimum Gasteiger partial charge on any atom is -0.0875 e. The lowest BCUT2D eigenvalue weighted by molar-refractivity contribution is 0.514. The molecule has 0 spiro atoms. The van der Waals surface area contributed by atoms with Crippen LogP contribution >= 0.6 is 0 Å². The summed E-state index contributed by atoms with van der Waals surface area (Å²) in [5.41, 5.74) is 9.20. The molecule has 0 N–H and O–H groups in total. The van der Waals surface area contributed by atoms with E-state index in [0.717, 1.165) is 6.42 Å². The number of azide groups is 1. The second-order valence-electron chi connectivity index (χ2n) is 3.66. The van der Waals surface area contributed by atoms with Gasteiger partial charge in [-0.15, -0.1) is 0 Å². The van der Waals surface area contributed by atoms with Crippen LogP contribution in [0.25, 0.3) is 10.4 Å². The molecule has 0 bridgehead atoms. The topological polar surface area (TPSA) is 48.8 Å². The van der Waals surface area contributed by atoms with Crippen LogP contribution in [0.1, 0.15) is 19.4 Å². The smallest absolute Gasteiger partial charge is 0.0472 e. The van der Waals surface area contributed by atoms with E-state index in [9.17, 15) is 0 Å². The Balaban J connectivity index is 2.74. The van der Waals surface area contributed by atoms with Crippen LogP contribution in [0.15, 0.2) is 35.4 Å². The van der Waals surface area contributed by atoms with Crippen LogP contribution in [0.2, 0.25) is 0 Å². The van der Waals surface area contributed by atoms with Crippen molar-refractivity contribution in [2.24, 2.45) is 5.11 Å². The SMILES string of the molecule is CC(C)(Cc1ccccc1)N=[N+]=[N-]. The molecule has 1 rings (SSSR count). The molecule has 0 radical (unpaired) electrons. The summed E-state index contributed by atoms with van der Waals surface area (Å²) < 4.78 is 0. The number of hydrogen-bond acceptors (Lipinski definition) is 1. The fourth-order valence-electron chi connectivity index (χ4n) is 1.25. The van der Waals surface area contributed by atoms with Crippen LogP contribution in [-0.4, -0.2) is 5.54 Å². The average molecular weight is 175 g/mol. The maximum atomic E-state index is 8.34. The first-order valence-electron chi connectivity index (χ1n) is 4.24. The minimum atomic E-state index is -0.337. The first kappa shape index (κ1) is 9.62. The van der Waals surface area contributed by atoms with E-state index >= 15 is 0 Å². The van der Waals surface area contributed by atoms with E-state index in [2.05, 4.69) is 10.0 Å². The van der Waals surface area contributed by atoms with Crippen molar-refractivity contribution in [3.8, 4) is 0 Å². The lowest BCUT2D eigenvalue weighted by Gasteiger charge is -2.17. The van der Waals surface area contributed by atoms with Crippen LogP contribution in [0.5, 0.6) is 0 Å². The second kappa shape index (κ2) is 3.97. The summed E-state index contributed by atoms with van der Waals surface area (Å²) in [6.07, 6.45) is 0.776. The Morgan fingerprint density at radius 2 is 1.92 bits per heavy atom. The summed E-state index contributed by atoms with van der Waals surface area (Å²) in [4.78, 5) is 2.83. The maximum absolute atomic E-state index is 8.34. The van der Waals surface area contributed by atoms with Crippen LogP contribution in [-0.2, 0) is 6.42 Å². The highest BCUT2D eigenvalue weighted by atomic mass is 15.2. The minimum absolute atomic E-state index is 0.337. The molecular weight excluding hydrogens is 162 g/mol. The molecule has 0 unspecified atom stereocenters. The number of rotatable bonds is 3. The van der Waals surface area contributed by atoms with Gasteiger partial charge in [-0.25, -0.2) is 0 Å². The van der Waals surface area contributed by atoms with E-state index in [1.807, 2.05) is 44.2 Å². The first-order chi connectivity index (χ1) is 6.14. The average Bonchev–Trinajstić information content (AvgIpc) is 2.04. The molecule has 0 amide bonds. The molecule has 3 heteroatoms. The van der Waals surface area contributed by atoms with Gasteiger partial charge in [0.25, 0.3) is 0 Å². The zero-order chi connectivity index (χ0) is 9.73. The van der Waals surface area contributed by atoms with E-state index in [1.54, 1.807) is 0 Å². The van der Waals surface area contributed by atoms with Crippen molar-refractivity contribution in [2.75, 3.05) is 0 Å². The standard InChI is InChI=1S/C10H13N3/c1-10(2,12-13-11)8-9-6-4-3-5-7-9/h3-7H,8H2,1-2H3. The Kier molecular flexibility index (Phi) is 2.93. The molecule has 1 aromatic carbocycles. The van der Waals surface area contributed by atoms with Crippen LogP contribution in [0.3, 0.4) is 0 Å². The third-order valence-corrected chi connectivity index (χ3v) is 1.79. The van der Waals surface area contributed by atoms with Gasteiger partial charge in [-0.05, 0) is 17.5 Å². The Bertz CT molecular complexity index is 310. The highest BCUT2D eigenvalue weighted by Crippen LogP contribution is 2.16. The molecule has 0 aliphatic rings. The van der Waals surface area contributed by atoms with Gasteiger partial charge in [0.05, 0.1) is 0 Å². The monoisotopic (exact) mass is 175 g/mol. The van der Waals surface area contributed by atoms with E-state index in [4.69, 9.17) is 5.53 Å². The number of hydrogen-bond donors (Lipinski definition) is 0. The predicted octanol–water partition coefficient (Wildman–Crippen LogP) is 3.32. The Morgan fingerprint density at radius 3 is 2.46 bits per heavy atom. The van der Waals surface area contributed by atoms with Gasteiger partial charge >= 0.3 is 0 Å². The number of nitrogens with zero attached hydrogens (tertiary/aromatic N) is 3. The van der Waals surface area contributed by atoms with Crippen molar-refractivity contribution in [3.05, 3.63) is 46.3 Å². The highest BCUT2D eigenvalue weighted by molar-refractivity contribution is 5.17. The van der Waals surface area contributed by atoms with Crippen molar-refractivity contribution in [1.29, 1.82) is 0 Å². The molecule has 0 aliphatic heterocycles. The Hall–Kier alpha value is -1.47. The fourth-order valence-corrected chi connectivity index (χ4v) is 1.25. The van der Waals surface area contributed by atoms with Crippen molar-refractivity contribution in [2.45, 2.75) is 25.8 Å². The summed E-state index contributed by atoms with van der Waals surface area (Å²) in [5.74, 6) is 0. The van der Waals surface area contributed by atoms with E-state index < -0.39 is 0 Å². The van der Waals surface area contributed by atoms with Gasteiger partial charge < -0.3 is 0 Å². The molecule has 13 heavy (non-hydrogen) atoms. The molecule has 0 saturated carbocycles. The van der Waals surface area contributed by atoms with Crippen LogP contribution in [0.4, 0.5) is 0 Å². The molecule has 3 nitrogen and oxygen atoms in total. The van der Waals surface area contributed by atoms with Crippen LogP contribution in [0, 0.1) is 0 Å². The van der Waals surface area contributed by atoms with Crippen LogP contribution < -0.4 is 0 Å². The molecule has 0 saturated heterocycles. The first-order valence-corrected chi connectivity index (χ1v) is 4.24. The normalized spacial score (nSPS) is 10.6. The van der Waals surface area contributed by atoms with Crippen molar-refractivity contribution in [3.63, 3.8) is 0 Å². The van der Waals surface area contributed by atoms with Gasteiger partial charge in [-0.3, -0.25) is 0 Å². The van der Waals surface area contributed by atoms with E-state index in [1.165, 1.54) is 5.56 Å².